The third-order valence-electron chi connectivity index (χ3n) is 2.33. The van der Waals surface area contributed by atoms with E-state index < -0.39 is 11.5 Å². The van der Waals surface area contributed by atoms with Crippen LogP contribution < -0.4 is 0 Å². The minimum Gasteiger partial charge on any atom is -0.396 e. The van der Waals surface area contributed by atoms with Crippen LogP contribution in [-0.4, -0.2) is 16.8 Å². The molecule has 0 bridgehead atoms. The van der Waals surface area contributed by atoms with E-state index in [4.69, 9.17) is 16.7 Å². The van der Waals surface area contributed by atoms with E-state index in [0.29, 0.717) is 5.02 Å². The number of hydrogen-bond donors (Lipinski definition) is 2. The molecule has 0 amide bonds. The fourth-order valence-corrected chi connectivity index (χ4v) is 1.31. The third-order valence-corrected chi connectivity index (χ3v) is 2.59. The predicted octanol–water partition coefficient (Wildman–Crippen LogP) is 2.39. The van der Waals surface area contributed by atoms with Crippen molar-refractivity contribution in [3.63, 3.8) is 0 Å². The van der Waals surface area contributed by atoms with Crippen LogP contribution >= 0.6 is 11.6 Å². The summed E-state index contributed by atoms with van der Waals surface area (Å²) in [5.74, 6) is 0. The zero-order valence-electron chi connectivity index (χ0n) is 8.37. The summed E-state index contributed by atoms with van der Waals surface area (Å²) in [5.41, 5.74) is 0.238. The van der Waals surface area contributed by atoms with E-state index in [9.17, 15) is 5.11 Å². The summed E-state index contributed by atoms with van der Waals surface area (Å²) >= 11 is 5.73. The summed E-state index contributed by atoms with van der Waals surface area (Å²) in [6, 6.07) is 7.00. The molecule has 0 saturated carbocycles. The van der Waals surface area contributed by atoms with E-state index in [1.165, 1.54) is 0 Å². The van der Waals surface area contributed by atoms with Crippen molar-refractivity contribution in [2.45, 2.75) is 20.0 Å². The highest BCUT2D eigenvalue weighted by Gasteiger charge is 2.28. The third kappa shape index (κ3) is 2.47. The molecule has 2 N–H and O–H groups in total. The van der Waals surface area contributed by atoms with Crippen LogP contribution in [-0.2, 0) is 0 Å². The maximum atomic E-state index is 9.94. The van der Waals surface area contributed by atoms with Crippen LogP contribution in [0.15, 0.2) is 24.3 Å². The highest BCUT2D eigenvalue weighted by atomic mass is 35.5. The first-order valence-corrected chi connectivity index (χ1v) is 4.89. The van der Waals surface area contributed by atoms with Gasteiger partial charge in [-0.1, -0.05) is 37.6 Å². The lowest BCUT2D eigenvalue weighted by Crippen LogP contribution is -2.25. The van der Waals surface area contributed by atoms with Crippen molar-refractivity contribution in [2.24, 2.45) is 5.41 Å². The second-order valence-electron chi connectivity index (χ2n) is 4.10. The van der Waals surface area contributed by atoms with E-state index in [1.807, 2.05) is 13.8 Å². The van der Waals surface area contributed by atoms with E-state index in [0.717, 1.165) is 5.56 Å². The molecule has 0 radical (unpaired) electrons. The average molecular weight is 215 g/mol. The van der Waals surface area contributed by atoms with Gasteiger partial charge >= 0.3 is 0 Å². The molecule has 1 aromatic rings. The van der Waals surface area contributed by atoms with E-state index in [1.54, 1.807) is 24.3 Å². The molecule has 0 unspecified atom stereocenters. The molecule has 1 atom stereocenters. The van der Waals surface area contributed by atoms with Crippen LogP contribution in [0.1, 0.15) is 25.5 Å². The van der Waals surface area contributed by atoms with Crippen LogP contribution in [0, 0.1) is 5.41 Å². The monoisotopic (exact) mass is 214 g/mol. The molecule has 1 aromatic carbocycles. The molecule has 2 nitrogen and oxygen atoms in total. The van der Waals surface area contributed by atoms with Crippen molar-refractivity contribution in [2.75, 3.05) is 6.61 Å². The summed E-state index contributed by atoms with van der Waals surface area (Å²) in [6.07, 6.45) is -0.676. The Morgan fingerprint density at radius 3 is 2.21 bits per heavy atom. The predicted molar refractivity (Wildman–Crippen MR) is 57.3 cm³/mol. The number of halogens is 1. The Labute approximate surface area is 89.1 Å². The van der Waals surface area contributed by atoms with Gasteiger partial charge in [0, 0.05) is 10.4 Å². The van der Waals surface area contributed by atoms with Crippen LogP contribution in [0.5, 0.6) is 0 Å². The highest BCUT2D eigenvalue weighted by molar-refractivity contribution is 6.30. The first-order valence-electron chi connectivity index (χ1n) is 4.52. The van der Waals surface area contributed by atoms with Gasteiger partial charge in [-0.15, -0.1) is 0 Å². The number of aliphatic hydroxyl groups is 2. The maximum absolute atomic E-state index is 9.94. The van der Waals surface area contributed by atoms with Gasteiger partial charge in [0.2, 0.25) is 0 Å². The van der Waals surface area contributed by atoms with Crippen molar-refractivity contribution < 1.29 is 10.2 Å². The fourth-order valence-electron chi connectivity index (χ4n) is 1.18. The molecule has 1 rings (SSSR count). The SMILES string of the molecule is CC(C)(CO)[C@@H](O)c1ccc(Cl)cc1. The van der Waals surface area contributed by atoms with Crippen LogP contribution in [0.4, 0.5) is 0 Å². The Kier molecular flexibility index (Phi) is 3.53. The molecule has 0 aromatic heterocycles. The fraction of sp³-hybridized carbons (Fsp3) is 0.455. The molecular formula is C11H15ClO2. The summed E-state index contributed by atoms with van der Waals surface area (Å²) in [5, 5.41) is 19.7. The molecule has 14 heavy (non-hydrogen) atoms. The minimum absolute atomic E-state index is 0.0587. The summed E-state index contributed by atoms with van der Waals surface area (Å²) in [4.78, 5) is 0. The molecule has 0 heterocycles. The van der Waals surface area contributed by atoms with Crippen molar-refractivity contribution in [3.05, 3.63) is 34.9 Å². The Morgan fingerprint density at radius 1 is 1.29 bits per heavy atom. The van der Waals surface area contributed by atoms with Crippen molar-refractivity contribution in [1.29, 1.82) is 0 Å². The second-order valence-corrected chi connectivity index (χ2v) is 4.54. The smallest absolute Gasteiger partial charge is 0.0862 e. The molecule has 0 aliphatic rings. The molecule has 0 spiro atoms. The zero-order valence-corrected chi connectivity index (χ0v) is 9.12. The lowest BCUT2D eigenvalue weighted by Gasteiger charge is -2.28. The largest absolute Gasteiger partial charge is 0.396 e. The highest BCUT2D eigenvalue weighted by Crippen LogP contribution is 2.32. The van der Waals surface area contributed by atoms with Gasteiger partial charge in [0.1, 0.15) is 0 Å². The van der Waals surface area contributed by atoms with E-state index in [2.05, 4.69) is 0 Å². The standard InChI is InChI=1S/C11H15ClO2/c1-11(2,7-13)10(14)8-3-5-9(12)6-4-8/h3-6,10,13-14H,7H2,1-2H3/t10-/m0/s1. The normalized spacial score (nSPS) is 14.1. The first kappa shape index (κ1) is 11.5. The lowest BCUT2D eigenvalue weighted by atomic mass is 9.83. The Bertz CT molecular complexity index is 293. The van der Waals surface area contributed by atoms with Crippen molar-refractivity contribution >= 4 is 11.6 Å². The molecule has 0 aliphatic heterocycles. The van der Waals surface area contributed by atoms with Gasteiger partial charge in [-0.25, -0.2) is 0 Å². The second kappa shape index (κ2) is 4.30. The van der Waals surface area contributed by atoms with Gasteiger partial charge in [0.25, 0.3) is 0 Å². The molecule has 3 heteroatoms. The van der Waals surface area contributed by atoms with Gasteiger partial charge in [-0.2, -0.15) is 0 Å². The average Bonchev–Trinajstić information content (AvgIpc) is 2.18. The number of aliphatic hydroxyl groups excluding tert-OH is 2. The number of benzene rings is 1. The number of hydrogen-bond acceptors (Lipinski definition) is 2. The lowest BCUT2D eigenvalue weighted by molar-refractivity contribution is 0.00639. The molecule has 0 saturated heterocycles. The molecule has 0 fully saturated rings. The van der Waals surface area contributed by atoms with Gasteiger partial charge in [-0.05, 0) is 17.7 Å². The molecule has 0 aliphatic carbocycles. The van der Waals surface area contributed by atoms with Gasteiger partial charge < -0.3 is 10.2 Å². The van der Waals surface area contributed by atoms with Crippen molar-refractivity contribution in [1.82, 2.24) is 0 Å². The van der Waals surface area contributed by atoms with Crippen molar-refractivity contribution in [3.8, 4) is 0 Å². The van der Waals surface area contributed by atoms with E-state index in [-0.39, 0.29) is 6.61 Å². The van der Waals surface area contributed by atoms with Crippen LogP contribution in [0.25, 0.3) is 0 Å². The maximum Gasteiger partial charge on any atom is 0.0862 e. The summed E-state index contributed by atoms with van der Waals surface area (Å²) in [7, 11) is 0. The number of rotatable bonds is 3. The topological polar surface area (TPSA) is 40.5 Å². The summed E-state index contributed by atoms with van der Waals surface area (Å²) in [6.45, 7) is 3.56. The Hall–Kier alpha value is -0.570. The molecular weight excluding hydrogens is 200 g/mol. The van der Waals surface area contributed by atoms with Gasteiger partial charge in [0.05, 0.1) is 12.7 Å². The Morgan fingerprint density at radius 2 is 1.79 bits per heavy atom. The zero-order chi connectivity index (χ0) is 10.8. The van der Waals surface area contributed by atoms with Crippen LogP contribution in [0.2, 0.25) is 5.02 Å². The van der Waals surface area contributed by atoms with Gasteiger partial charge in [-0.3, -0.25) is 0 Å². The molecule has 78 valence electrons. The van der Waals surface area contributed by atoms with Gasteiger partial charge in [0.15, 0.2) is 0 Å². The van der Waals surface area contributed by atoms with Crippen LogP contribution in [0.3, 0.4) is 0 Å². The summed E-state index contributed by atoms with van der Waals surface area (Å²) < 4.78 is 0. The Balaban J connectivity index is 2.89. The minimum atomic E-state index is -0.676. The first-order chi connectivity index (χ1) is 6.47. The van der Waals surface area contributed by atoms with E-state index >= 15 is 0 Å². The quantitative estimate of drug-likeness (QED) is 0.811.